The van der Waals surface area contributed by atoms with E-state index >= 15 is 0 Å². The van der Waals surface area contributed by atoms with Crippen LogP contribution in [-0.2, 0) is 13.5 Å². The predicted molar refractivity (Wildman–Crippen MR) is 57.6 cm³/mol. The van der Waals surface area contributed by atoms with Gasteiger partial charge in [0.05, 0.1) is 12.5 Å². The summed E-state index contributed by atoms with van der Waals surface area (Å²) in [5, 5.41) is 4.45. The largest absolute Gasteiger partial charge is 0.453 e. The van der Waals surface area contributed by atoms with Crippen molar-refractivity contribution in [3.05, 3.63) is 41.1 Å². The molecule has 2 aromatic heterocycles. The Balaban J connectivity index is 2.10. The van der Waals surface area contributed by atoms with Crippen LogP contribution in [0.1, 0.15) is 17.2 Å². The summed E-state index contributed by atoms with van der Waals surface area (Å²) in [5.74, 6) is 0. The first-order valence-electron chi connectivity index (χ1n) is 4.63. The summed E-state index contributed by atoms with van der Waals surface area (Å²) in [6.07, 6.45) is 5.98. The molecule has 0 saturated carbocycles. The van der Waals surface area contributed by atoms with E-state index < -0.39 is 0 Å². The molecule has 0 fully saturated rings. The van der Waals surface area contributed by atoms with Crippen LogP contribution in [0.2, 0.25) is 5.22 Å². The van der Waals surface area contributed by atoms with Gasteiger partial charge in [0, 0.05) is 24.8 Å². The molecule has 0 saturated heterocycles. The number of rotatable bonds is 3. The molecule has 0 aliphatic carbocycles. The Morgan fingerprint density at radius 1 is 1.67 bits per heavy atom. The lowest BCUT2D eigenvalue weighted by Gasteiger charge is -2.07. The fourth-order valence-corrected chi connectivity index (χ4v) is 1.77. The van der Waals surface area contributed by atoms with Crippen LogP contribution < -0.4 is 5.73 Å². The number of furan rings is 1. The van der Waals surface area contributed by atoms with Crippen LogP contribution in [0.3, 0.4) is 0 Å². The fraction of sp³-hybridized carbons (Fsp3) is 0.300. The third-order valence-electron chi connectivity index (χ3n) is 2.26. The van der Waals surface area contributed by atoms with Crippen LogP contribution in [0.5, 0.6) is 0 Å². The average Bonchev–Trinajstić information content (AvgIpc) is 2.75. The minimum Gasteiger partial charge on any atom is -0.453 e. The van der Waals surface area contributed by atoms with Crippen molar-refractivity contribution >= 4 is 11.6 Å². The lowest BCUT2D eigenvalue weighted by atomic mass is 10.1. The van der Waals surface area contributed by atoms with Gasteiger partial charge in [0.2, 0.25) is 0 Å². The molecule has 2 aromatic rings. The maximum absolute atomic E-state index is 6.00. The fourth-order valence-electron chi connectivity index (χ4n) is 1.51. The zero-order valence-corrected chi connectivity index (χ0v) is 9.11. The highest BCUT2D eigenvalue weighted by Crippen LogP contribution is 2.24. The number of hydrogen-bond donors (Lipinski definition) is 1. The van der Waals surface area contributed by atoms with Crippen LogP contribution in [-0.4, -0.2) is 9.78 Å². The molecular weight excluding hydrogens is 214 g/mol. The van der Waals surface area contributed by atoms with Gasteiger partial charge in [-0.05, 0) is 29.7 Å². The molecule has 2 N–H and O–H groups in total. The maximum atomic E-state index is 6.00. The van der Waals surface area contributed by atoms with Crippen LogP contribution in [0.4, 0.5) is 0 Å². The molecule has 1 atom stereocenters. The molecule has 5 heteroatoms. The number of aryl methyl sites for hydroxylation is 1. The van der Waals surface area contributed by atoms with Crippen LogP contribution >= 0.6 is 11.6 Å². The van der Waals surface area contributed by atoms with Crippen molar-refractivity contribution in [2.45, 2.75) is 12.5 Å². The molecule has 80 valence electrons. The van der Waals surface area contributed by atoms with Gasteiger partial charge >= 0.3 is 0 Å². The van der Waals surface area contributed by atoms with Gasteiger partial charge in [-0.25, -0.2) is 0 Å². The predicted octanol–water partition coefficient (Wildman–Crippen LogP) is 1.91. The van der Waals surface area contributed by atoms with Gasteiger partial charge in [-0.1, -0.05) is 0 Å². The third kappa shape index (κ3) is 2.22. The lowest BCUT2D eigenvalue weighted by molar-refractivity contribution is 0.560. The number of hydrogen-bond acceptors (Lipinski definition) is 3. The molecular formula is C10H12ClN3O. The van der Waals surface area contributed by atoms with Crippen LogP contribution in [0.25, 0.3) is 0 Å². The summed E-state index contributed by atoms with van der Waals surface area (Å²) < 4.78 is 6.74. The Morgan fingerprint density at radius 3 is 3.00 bits per heavy atom. The normalized spacial score (nSPS) is 13.0. The Kier molecular flexibility index (Phi) is 2.79. The van der Waals surface area contributed by atoms with Crippen molar-refractivity contribution in [1.29, 1.82) is 0 Å². The van der Waals surface area contributed by atoms with E-state index in [1.807, 2.05) is 13.2 Å². The van der Waals surface area contributed by atoms with Gasteiger partial charge in [-0.15, -0.1) is 0 Å². The second kappa shape index (κ2) is 4.08. The van der Waals surface area contributed by atoms with E-state index in [9.17, 15) is 0 Å². The molecule has 15 heavy (non-hydrogen) atoms. The number of nitrogens with two attached hydrogens (primary N) is 1. The molecule has 0 spiro atoms. The van der Waals surface area contributed by atoms with Crippen molar-refractivity contribution in [2.75, 3.05) is 0 Å². The molecule has 1 unspecified atom stereocenters. The highest BCUT2D eigenvalue weighted by atomic mass is 35.5. The summed E-state index contributed by atoms with van der Waals surface area (Å²) in [6.45, 7) is 0. The standard InChI is InChI=1S/C10H12ClN3O/c1-14-6-7(5-13-14)4-9(12)8-2-3-15-10(8)11/h2-3,5-6,9H,4,12H2,1H3. The minimum absolute atomic E-state index is 0.152. The van der Waals surface area contributed by atoms with Crippen molar-refractivity contribution in [3.63, 3.8) is 0 Å². The molecule has 4 nitrogen and oxygen atoms in total. The van der Waals surface area contributed by atoms with Crippen LogP contribution in [0.15, 0.2) is 29.1 Å². The summed E-state index contributed by atoms with van der Waals surface area (Å²) in [4.78, 5) is 0. The summed E-state index contributed by atoms with van der Waals surface area (Å²) >= 11 is 5.84. The third-order valence-corrected chi connectivity index (χ3v) is 2.57. The van der Waals surface area contributed by atoms with Gasteiger partial charge in [0.1, 0.15) is 0 Å². The average molecular weight is 226 g/mol. The Hall–Kier alpha value is -1.26. The molecule has 0 bridgehead atoms. The molecule has 0 aliphatic rings. The van der Waals surface area contributed by atoms with Gasteiger partial charge in [0.15, 0.2) is 5.22 Å². The number of nitrogens with zero attached hydrogens (tertiary/aromatic N) is 2. The summed E-state index contributed by atoms with van der Waals surface area (Å²) in [6, 6.07) is 1.64. The highest BCUT2D eigenvalue weighted by Gasteiger charge is 2.13. The molecule has 2 heterocycles. The van der Waals surface area contributed by atoms with E-state index in [4.69, 9.17) is 21.8 Å². The second-order valence-corrected chi connectivity index (χ2v) is 3.83. The zero-order chi connectivity index (χ0) is 10.8. The van der Waals surface area contributed by atoms with Crippen molar-refractivity contribution < 1.29 is 4.42 Å². The first kappa shape index (κ1) is 10.3. The lowest BCUT2D eigenvalue weighted by Crippen LogP contribution is -2.12. The molecule has 2 rings (SSSR count). The quantitative estimate of drug-likeness (QED) is 0.868. The van der Waals surface area contributed by atoms with Gasteiger partial charge in [0.25, 0.3) is 0 Å². The van der Waals surface area contributed by atoms with Gasteiger partial charge < -0.3 is 10.2 Å². The molecule has 0 amide bonds. The zero-order valence-electron chi connectivity index (χ0n) is 8.35. The number of halogens is 1. The SMILES string of the molecule is Cn1cc(CC(N)c2ccoc2Cl)cn1. The first-order chi connectivity index (χ1) is 7.16. The molecule has 0 aromatic carbocycles. The number of aromatic nitrogens is 2. The monoisotopic (exact) mass is 225 g/mol. The van der Waals surface area contributed by atoms with Crippen molar-refractivity contribution in [1.82, 2.24) is 9.78 Å². The molecule has 0 radical (unpaired) electrons. The van der Waals surface area contributed by atoms with E-state index in [0.29, 0.717) is 11.6 Å². The van der Waals surface area contributed by atoms with Gasteiger partial charge in [-0.3, -0.25) is 4.68 Å². The molecule has 0 aliphatic heterocycles. The summed E-state index contributed by atoms with van der Waals surface area (Å²) in [7, 11) is 1.87. The van der Waals surface area contributed by atoms with Crippen LogP contribution in [0, 0.1) is 0 Å². The topological polar surface area (TPSA) is 57.0 Å². The second-order valence-electron chi connectivity index (χ2n) is 3.48. The Bertz CT molecular complexity index is 449. The van der Waals surface area contributed by atoms with E-state index in [0.717, 1.165) is 11.1 Å². The van der Waals surface area contributed by atoms with E-state index in [1.165, 1.54) is 0 Å². The Labute approximate surface area is 92.6 Å². The minimum atomic E-state index is -0.152. The maximum Gasteiger partial charge on any atom is 0.197 e. The highest BCUT2D eigenvalue weighted by molar-refractivity contribution is 6.29. The smallest absolute Gasteiger partial charge is 0.197 e. The first-order valence-corrected chi connectivity index (χ1v) is 5.00. The summed E-state index contributed by atoms with van der Waals surface area (Å²) in [5.41, 5.74) is 7.92. The van der Waals surface area contributed by atoms with E-state index in [2.05, 4.69) is 5.10 Å². The van der Waals surface area contributed by atoms with Crippen molar-refractivity contribution in [2.24, 2.45) is 12.8 Å². The van der Waals surface area contributed by atoms with Crippen molar-refractivity contribution in [3.8, 4) is 0 Å². The van der Waals surface area contributed by atoms with E-state index in [1.54, 1.807) is 23.2 Å². The van der Waals surface area contributed by atoms with E-state index in [-0.39, 0.29) is 6.04 Å². The Morgan fingerprint density at radius 2 is 2.47 bits per heavy atom. The van der Waals surface area contributed by atoms with Gasteiger partial charge in [-0.2, -0.15) is 5.10 Å².